The van der Waals surface area contributed by atoms with Crippen molar-refractivity contribution in [2.24, 2.45) is 5.92 Å². The Hall–Kier alpha value is -1.09. The highest BCUT2D eigenvalue weighted by Gasteiger charge is 2.25. The van der Waals surface area contributed by atoms with Crippen LogP contribution in [0.1, 0.15) is 57.4 Å². The molecular weight excluding hydrogens is 248 g/mol. The van der Waals surface area contributed by atoms with Crippen molar-refractivity contribution >= 4 is 0 Å². The molecule has 1 N–H and O–H groups in total. The second-order valence-electron chi connectivity index (χ2n) is 6.27. The molecule has 0 amide bonds. The molecule has 1 heterocycles. The first-order valence-electron chi connectivity index (χ1n) is 8.20. The Kier molecular flexibility index (Phi) is 4.56. The monoisotopic (exact) mass is 274 g/mol. The van der Waals surface area contributed by atoms with E-state index in [0.29, 0.717) is 12.0 Å². The molecular formula is C17H26N2O. The molecule has 3 nitrogen and oxygen atoms in total. The van der Waals surface area contributed by atoms with Gasteiger partial charge in [-0.15, -0.1) is 0 Å². The predicted molar refractivity (Wildman–Crippen MR) is 80.8 cm³/mol. The molecule has 2 fully saturated rings. The molecule has 3 heteroatoms. The number of aromatic nitrogens is 1. The molecule has 2 aliphatic rings. The van der Waals surface area contributed by atoms with Gasteiger partial charge in [0.15, 0.2) is 0 Å². The SMILES string of the molecule is CCC1CCCCC1Oc1cc(CNC2CC2)ccn1. The number of nitrogens with one attached hydrogen (secondary N) is 1. The maximum Gasteiger partial charge on any atom is 0.213 e. The van der Waals surface area contributed by atoms with Gasteiger partial charge in [0.2, 0.25) is 5.88 Å². The predicted octanol–water partition coefficient (Wildman–Crippen LogP) is 3.68. The lowest BCUT2D eigenvalue weighted by Gasteiger charge is -2.30. The van der Waals surface area contributed by atoms with Crippen LogP contribution in [-0.2, 0) is 6.54 Å². The van der Waals surface area contributed by atoms with Crippen molar-refractivity contribution in [3.8, 4) is 5.88 Å². The first-order chi connectivity index (χ1) is 9.85. The van der Waals surface area contributed by atoms with Crippen LogP contribution in [0.2, 0.25) is 0 Å². The Morgan fingerprint density at radius 3 is 2.90 bits per heavy atom. The van der Waals surface area contributed by atoms with Crippen LogP contribution in [0.4, 0.5) is 0 Å². The fraction of sp³-hybridized carbons (Fsp3) is 0.706. The van der Waals surface area contributed by atoms with Gasteiger partial charge in [0, 0.05) is 24.8 Å². The van der Waals surface area contributed by atoms with Gasteiger partial charge in [-0.05, 0) is 56.1 Å². The quantitative estimate of drug-likeness (QED) is 0.859. The second kappa shape index (κ2) is 6.57. The molecule has 0 aliphatic heterocycles. The molecule has 2 unspecified atom stereocenters. The molecule has 2 aliphatic carbocycles. The number of rotatable bonds is 6. The third kappa shape index (κ3) is 3.72. The standard InChI is InChI=1S/C17H26N2O/c1-2-14-5-3-4-6-16(14)20-17-11-13(9-10-18-17)12-19-15-7-8-15/h9-11,14-16,19H,2-8,12H2,1H3. The minimum Gasteiger partial charge on any atom is -0.474 e. The number of hydrogen-bond donors (Lipinski definition) is 1. The Labute approximate surface area is 122 Å². The van der Waals surface area contributed by atoms with Gasteiger partial charge in [-0.3, -0.25) is 0 Å². The van der Waals surface area contributed by atoms with Gasteiger partial charge >= 0.3 is 0 Å². The van der Waals surface area contributed by atoms with Crippen LogP contribution in [0, 0.1) is 5.92 Å². The van der Waals surface area contributed by atoms with E-state index in [2.05, 4.69) is 29.4 Å². The molecule has 1 aromatic heterocycles. The van der Waals surface area contributed by atoms with E-state index in [1.54, 1.807) is 0 Å². The minimum atomic E-state index is 0.368. The van der Waals surface area contributed by atoms with Crippen molar-refractivity contribution in [2.45, 2.75) is 70.6 Å². The molecule has 1 aromatic rings. The van der Waals surface area contributed by atoms with Crippen LogP contribution < -0.4 is 10.1 Å². The Balaban J connectivity index is 1.59. The summed E-state index contributed by atoms with van der Waals surface area (Å²) in [6.07, 6.45) is 11.3. The van der Waals surface area contributed by atoms with Crippen LogP contribution in [-0.4, -0.2) is 17.1 Å². The molecule has 3 rings (SSSR count). The smallest absolute Gasteiger partial charge is 0.213 e. The summed E-state index contributed by atoms with van der Waals surface area (Å²) in [5, 5.41) is 3.54. The lowest BCUT2D eigenvalue weighted by atomic mass is 9.85. The van der Waals surface area contributed by atoms with Crippen molar-refractivity contribution < 1.29 is 4.74 Å². The van der Waals surface area contributed by atoms with E-state index >= 15 is 0 Å². The van der Waals surface area contributed by atoms with Gasteiger partial charge in [0.1, 0.15) is 6.10 Å². The molecule has 0 saturated heterocycles. The summed E-state index contributed by atoms with van der Waals surface area (Å²) in [4.78, 5) is 4.39. The van der Waals surface area contributed by atoms with E-state index < -0.39 is 0 Å². The van der Waals surface area contributed by atoms with Crippen LogP contribution >= 0.6 is 0 Å². The van der Waals surface area contributed by atoms with Gasteiger partial charge < -0.3 is 10.1 Å². The largest absolute Gasteiger partial charge is 0.474 e. The van der Waals surface area contributed by atoms with Crippen molar-refractivity contribution in [1.29, 1.82) is 0 Å². The lowest BCUT2D eigenvalue weighted by molar-refractivity contribution is 0.0857. The average Bonchev–Trinajstić information content (AvgIpc) is 3.30. The van der Waals surface area contributed by atoms with E-state index in [9.17, 15) is 0 Å². The summed E-state index contributed by atoms with van der Waals surface area (Å²) in [5.41, 5.74) is 1.28. The summed E-state index contributed by atoms with van der Waals surface area (Å²) >= 11 is 0. The van der Waals surface area contributed by atoms with Crippen molar-refractivity contribution in [3.05, 3.63) is 23.9 Å². The zero-order chi connectivity index (χ0) is 13.8. The van der Waals surface area contributed by atoms with E-state index in [1.807, 2.05) is 6.20 Å². The van der Waals surface area contributed by atoms with Crippen LogP contribution in [0.25, 0.3) is 0 Å². The maximum absolute atomic E-state index is 6.18. The average molecular weight is 274 g/mol. The zero-order valence-corrected chi connectivity index (χ0v) is 12.5. The highest BCUT2D eigenvalue weighted by atomic mass is 16.5. The Morgan fingerprint density at radius 1 is 1.25 bits per heavy atom. The van der Waals surface area contributed by atoms with Gasteiger partial charge in [0.05, 0.1) is 0 Å². The van der Waals surface area contributed by atoms with E-state index in [1.165, 1.54) is 50.5 Å². The number of ether oxygens (including phenoxy) is 1. The normalized spacial score (nSPS) is 26.4. The van der Waals surface area contributed by atoms with Crippen molar-refractivity contribution in [2.75, 3.05) is 0 Å². The molecule has 20 heavy (non-hydrogen) atoms. The third-order valence-corrected chi connectivity index (χ3v) is 4.61. The number of hydrogen-bond acceptors (Lipinski definition) is 3. The molecule has 0 bridgehead atoms. The van der Waals surface area contributed by atoms with Crippen molar-refractivity contribution in [1.82, 2.24) is 10.3 Å². The van der Waals surface area contributed by atoms with Crippen LogP contribution in [0.15, 0.2) is 18.3 Å². The number of nitrogens with zero attached hydrogens (tertiary/aromatic N) is 1. The summed E-state index contributed by atoms with van der Waals surface area (Å²) in [7, 11) is 0. The van der Waals surface area contributed by atoms with Gasteiger partial charge in [-0.1, -0.05) is 13.3 Å². The highest BCUT2D eigenvalue weighted by Crippen LogP contribution is 2.30. The summed E-state index contributed by atoms with van der Waals surface area (Å²) in [6, 6.07) is 4.94. The lowest BCUT2D eigenvalue weighted by Crippen LogP contribution is -2.30. The van der Waals surface area contributed by atoms with E-state index in [4.69, 9.17) is 4.74 Å². The fourth-order valence-corrected chi connectivity index (χ4v) is 3.13. The first kappa shape index (κ1) is 13.9. The molecule has 0 aromatic carbocycles. The molecule has 2 atom stereocenters. The third-order valence-electron chi connectivity index (χ3n) is 4.61. The summed E-state index contributed by atoms with van der Waals surface area (Å²) in [5.74, 6) is 1.52. The highest BCUT2D eigenvalue weighted by molar-refractivity contribution is 5.21. The fourth-order valence-electron chi connectivity index (χ4n) is 3.13. The molecule has 110 valence electrons. The first-order valence-corrected chi connectivity index (χ1v) is 8.20. The number of pyridine rings is 1. The van der Waals surface area contributed by atoms with E-state index in [-0.39, 0.29) is 0 Å². The second-order valence-corrected chi connectivity index (χ2v) is 6.27. The van der Waals surface area contributed by atoms with Crippen LogP contribution in [0.5, 0.6) is 5.88 Å². The minimum absolute atomic E-state index is 0.368. The van der Waals surface area contributed by atoms with Gasteiger partial charge in [0.25, 0.3) is 0 Å². The Morgan fingerprint density at radius 2 is 2.10 bits per heavy atom. The van der Waals surface area contributed by atoms with Crippen LogP contribution in [0.3, 0.4) is 0 Å². The van der Waals surface area contributed by atoms with Gasteiger partial charge in [-0.2, -0.15) is 0 Å². The molecule has 0 radical (unpaired) electrons. The maximum atomic E-state index is 6.18. The summed E-state index contributed by atoms with van der Waals surface area (Å²) < 4.78 is 6.18. The topological polar surface area (TPSA) is 34.1 Å². The molecule has 0 spiro atoms. The zero-order valence-electron chi connectivity index (χ0n) is 12.5. The molecule has 2 saturated carbocycles. The van der Waals surface area contributed by atoms with E-state index in [0.717, 1.165) is 18.5 Å². The van der Waals surface area contributed by atoms with Gasteiger partial charge in [-0.25, -0.2) is 4.98 Å². The van der Waals surface area contributed by atoms with Crippen molar-refractivity contribution in [3.63, 3.8) is 0 Å². The summed E-state index contributed by atoms with van der Waals surface area (Å²) in [6.45, 7) is 3.21. The Bertz CT molecular complexity index is 431.